The number of aliphatic hydroxyl groups is 1. The molecule has 0 radical (unpaired) electrons. The summed E-state index contributed by atoms with van der Waals surface area (Å²) in [6.45, 7) is 44.3. The largest absolute Gasteiger partial charge is 0.507 e. The van der Waals surface area contributed by atoms with E-state index in [1.54, 1.807) is 12.1 Å². The lowest BCUT2D eigenvalue weighted by atomic mass is 9.97. The van der Waals surface area contributed by atoms with E-state index in [9.17, 15) is 9.90 Å². The Morgan fingerprint density at radius 2 is 0.518 bits per heavy atom. The second-order valence-electron chi connectivity index (χ2n) is 28.9. The van der Waals surface area contributed by atoms with E-state index in [0.717, 1.165) is 77.0 Å². The van der Waals surface area contributed by atoms with Gasteiger partial charge in [-0.1, -0.05) is 240 Å². The van der Waals surface area contributed by atoms with Gasteiger partial charge in [0, 0.05) is 17.2 Å². The van der Waals surface area contributed by atoms with Crippen LogP contribution in [0.15, 0.2) is 30.3 Å². The molecule has 0 aliphatic carbocycles. The third-order valence-electron chi connectivity index (χ3n) is 16.9. The van der Waals surface area contributed by atoms with Crippen molar-refractivity contribution in [3.63, 3.8) is 0 Å². The molecule has 1 N–H and O–H groups in total. The summed E-state index contributed by atoms with van der Waals surface area (Å²) in [5.41, 5.74) is 0.792. The van der Waals surface area contributed by atoms with Crippen molar-refractivity contribution in [2.24, 2.45) is 71.0 Å². The van der Waals surface area contributed by atoms with Crippen molar-refractivity contribution in [3.05, 3.63) is 41.5 Å². The van der Waals surface area contributed by atoms with Gasteiger partial charge in [-0.3, -0.25) is 4.79 Å². The summed E-state index contributed by atoms with van der Waals surface area (Å²) < 4.78 is 40.4. The molecule has 2 aromatic rings. The molecule has 0 unspecified atom stereocenters. The van der Waals surface area contributed by atoms with Gasteiger partial charge in [0.05, 0.1) is 39.6 Å². The van der Waals surface area contributed by atoms with E-state index in [1.807, 2.05) is 12.1 Å². The molecule has 0 bridgehead atoms. The molecule has 0 aliphatic heterocycles. The average Bonchev–Trinajstić information content (AvgIpc) is 3.47. The summed E-state index contributed by atoms with van der Waals surface area (Å²) >= 11 is 0. The van der Waals surface area contributed by atoms with Crippen molar-refractivity contribution in [2.75, 3.05) is 39.6 Å². The van der Waals surface area contributed by atoms with Gasteiger partial charge in [-0.2, -0.15) is 0 Å². The van der Waals surface area contributed by atoms with E-state index in [4.69, 9.17) is 28.4 Å². The number of hydrogen-bond acceptors (Lipinski definition) is 8. The first-order valence-electron chi connectivity index (χ1n) is 34.5. The molecular weight excluding hydrogens is 1030 g/mol. The number of aliphatic hydroxyl groups excluding tert-OH is 1. The maximum Gasteiger partial charge on any atom is 0.203 e. The predicted molar refractivity (Wildman–Crippen MR) is 356 cm³/mol. The molecule has 480 valence electrons. The second-order valence-corrected chi connectivity index (χ2v) is 28.9. The van der Waals surface area contributed by atoms with Crippen LogP contribution in [0.25, 0.3) is 5.76 Å². The number of benzene rings is 2. The number of ether oxygens (including phenoxy) is 6. The Balaban J connectivity index is 2.76. The highest BCUT2D eigenvalue weighted by molar-refractivity contribution is 6.08. The van der Waals surface area contributed by atoms with Crippen molar-refractivity contribution >= 4 is 11.5 Å². The number of rotatable bonds is 51. The first-order valence-corrected chi connectivity index (χ1v) is 34.5. The fraction of sp³-hybridized carbons (Fsp3) is 0.800. The van der Waals surface area contributed by atoms with Crippen LogP contribution in [-0.2, 0) is 0 Å². The third-order valence-corrected chi connectivity index (χ3v) is 16.9. The Kier molecular flexibility index (Phi) is 40.0. The van der Waals surface area contributed by atoms with Crippen LogP contribution >= 0.6 is 0 Å². The molecule has 8 nitrogen and oxygen atoms in total. The Labute approximate surface area is 512 Å². The quantitative estimate of drug-likeness (QED) is 0.0398. The summed E-state index contributed by atoms with van der Waals surface area (Å²) in [5.74, 6) is 9.73. The summed E-state index contributed by atoms with van der Waals surface area (Å²) in [6.07, 6.45) is 28.1. The number of carbonyl (C=O) groups is 1. The van der Waals surface area contributed by atoms with E-state index in [1.165, 1.54) is 83.1 Å². The molecule has 0 aliphatic rings. The minimum atomic E-state index is -0.367. The molecule has 8 heteroatoms. The fourth-order valence-corrected chi connectivity index (χ4v) is 10.8. The summed E-state index contributed by atoms with van der Waals surface area (Å²) in [5, 5.41) is 12.2. The third kappa shape index (κ3) is 36.3. The average molecular weight is 1160 g/mol. The molecule has 0 saturated carbocycles. The van der Waals surface area contributed by atoms with Crippen LogP contribution < -0.4 is 28.4 Å². The van der Waals surface area contributed by atoms with Gasteiger partial charge in [-0.15, -0.1) is 0 Å². The first kappa shape index (κ1) is 75.5. The molecule has 0 spiro atoms. The van der Waals surface area contributed by atoms with Gasteiger partial charge in [-0.05, 0) is 134 Å². The fourth-order valence-electron chi connectivity index (χ4n) is 10.8. The second kappa shape index (κ2) is 44.0. The van der Waals surface area contributed by atoms with Crippen LogP contribution in [0.5, 0.6) is 34.5 Å². The summed E-state index contributed by atoms with van der Waals surface area (Å²) in [6, 6.07) is 7.26. The molecule has 2 rings (SSSR count). The lowest BCUT2D eigenvalue weighted by Crippen LogP contribution is -2.12. The molecule has 0 amide bonds. The lowest BCUT2D eigenvalue weighted by Gasteiger charge is -2.21. The van der Waals surface area contributed by atoms with Crippen molar-refractivity contribution < 1.29 is 38.3 Å². The summed E-state index contributed by atoms with van der Waals surface area (Å²) in [4.78, 5) is 14.8. The van der Waals surface area contributed by atoms with E-state index < -0.39 is 0 Å². The predicted octanol–water partition coefficient (Wildman–Crippen LogP) is 22.9. The molecule has 0 fully saturated rings. The molecule has 0 saturated heterocycles. The van der Waals surface area contributed by atoms with Crippen molar-refractivity contribution in [3.8, 4) is 34.5 Å². The van der Waals surface area contributed by atoms with Crippen molar-refractivity contribution in [1.29, 1.82) is 0 Å². The normalized spacial score (nSPS) is 14.4. The number of ketones is 1. The van der Waals surface area contributed by atoms with Gasteiger partial charge in [0.2, 0.25) is 11.5 Å². The Hall–Kier alpha value is -3.55. The lowest BCUT2D eigenvalue weighted by molar-refractivity contribution is 0.104. The van der Waals surface area contributed by atoms with Crippen LogP contribution in [0, 0.1) is 71.0 Å². The SMILES string of the molecule is CC(C)CCC[C@H](C)CCOc1cc(C(=O)/C=C(\O)c2cc(OCC[C@@H](C)CCCC(C)C)c(OCC[C@@H](C)CCCC(C)C)c(OCC[C@@H](C)CCCC(C)C)c2)cc(OCC[C@@H](C)CCCC(C)C)c1OCC[C@@H](C)CCCC(C)C. The van der Waals surface area contributed by atoms with Crippen LogP contribution in [0.4, 0.5) is 0 Å². The minimum Gasteiger partial charge on any atom is -0.507 e. The Morgan fingerprint density at radius 3 is 0.735 bits per heavy atom. The zero-order valence-electron chi connectivity index (χ0n) is 57.3. The Morgan fingerprint density at radius 1 is 0.313 bits per heavy atom. The smallest absolute Gasteiger partial charge is 0.203 e. The number of hydrogen-bond donors (Lipinski definition) is 1. The molecule has 2 aromatic carbocycles. The molecular formula is C75H132O8. The Bertz CT molecular complexity index is 1900. The van der Waals surface area contributed by atoms with E-state index >= 15 is 0 Å². The highest BCUT2D eigenvalue weighted by Gasteiger charge is 2.23. The highest BCUT2D eigenvalue weighted by atomic mass is 16.5. The summed E-state index contributed by atoms with van der Waals surface area (Å²) in [7, 11) is 0. The molecule has 0 heterocycles. The van der Waals surface area contributed by atoms with E-state index in [2.05, 4.69) is 125 Å². The van der Waals surface area contributed by atoms with Gasteiger partial charge >= 0.3 is 0 Å². The van der Waals surface area contributed by atoms with Gasteiger partial charge in [0.15, 0.2) is 28.8 Å². The monoisotopic (exact) mass is 1160 g/mol. The van der Waals surface area contributed by atoms with Crippen LogP contribution in [-0.4, -0.2) is 50.5 Å². The van der Waals surface area contributed by atoms with Gasteiger partial charge < -0.3 is 33.5 Å². The van der Waals surface area contributed by atoms with E-state index in [0.29, 0.717) is 156 Å². The van der Waals surface area contributed by atoms with Gasteiger partial charge in [-0.25, -0.2) is 0 Å². The van der Waals surface area contributed by atoms with Gasteiger partial charge in [0.1, 0.15) is 5.76 Å². The van der Waals surface area contributed by atoms with Crippen LogP contribution in [0.1, 0.15) is 295 Å². The number of allylic oxidation sites excluding steroid dienone is 1. The minimum absolute atomic E-state index is 0.179. The van der Waals surface area contributed by atoms with Crippen molar-refractivity contribution in [2.45, 2.75) is 279 Å². The van der Waals surface area contributed by atoms with Crippen LogP contribution in [0.3, 0.4) is 0 Å². The number of carbonyl (C=O) groups excluding carboxylic acids is 1. The molecule has 6 atom stereocenters. The maximum atomic E-state index is 14.8. The highest BCUT2D eigenvalue weighted by Crippen LogP contribution is 2.43. The maximum absolute atomic E-state index is 14.8. The van der Waals surface area contributed by atoms with Gasteiger partial charge in [0.25, 0.3) is 0 Å². The zero-order chi connectivity index (χ0) is 61.7. The van der Waals surface area contributed by atoms with Crippen molar-refractivity contribution in [1.82, 2.24) is 0 Å². The molecule has 0 aromatic heterocycles. The van der Waals surface area contributed by atoms with E-state index in [-0.39, 0.29) is 11.5 Å². The van der Waals surface area contributed by atoms with Crippen LogP contribution in [0.2, 0.25) is 0 Å². The standard InChI is InChI=1S/C75H132O8/c1-54(2)25-19-31-60(13)37-43-78-70-49-66(50-71(79-44-38-61(14)32-20-26-55(3)4)74(70)82-47-41-64(17)35-23-29-58(9)10)68(76)53-69(77)67-51-72(80-45-39-62(15)33-21-27-56(5)6)75(83-48-42-65(18)36-24-30-59(11)12)73(52-67)81-46-40-63(16)34-22-28-57(7)8/h49-65,76H,19-48H2,1-18H3/b68-53-/t60-,61-,62-,63-,64-,65-/m0/s1. The topological polar surface area (TPSA) is 92.7 Å². The first-order chi connectivity index (χ1) is 39.4. The zero-order valence-corrected chi connectivity index (χ0v) is 57.3. The molecule has 83 heavy (non-hydrogen) atoms.